The third-order valence-corrected chi connectivity index (χ3v) is 6.53. The Balaban J connectivity index is 1.75. The molecule has 0 atom stereocenters. The first-order valence-electron chi connectivity index (χ1n) is 11.1. The molecule has 0 bridgehead atoms. The van der Waals surface area contributed by atoms with Crippen molar-refractivity contribution in [3.05, 3.63) is 29.8 Å². The predicted octanol–water partition coefficient (Wildman–Crippen LogP) is 2.78. The number of carbonyl (C=O) groups excluding carboxylic acids is 2. The van der Waals surface area contributed by atoms with E-state index >= 15 is 0 Å². The molecule has 0 unspecified atom stereocenters. The molecule has 0 aliphatic heterocycles. The smallest absolute Gasteiger partial charge is 0.309 e. The van der Waals surface area contributed by atoms with E-state index < -0.39 is 21.8 Å². The maximum Gasteiger partial charge on any atom is 0.309 e. The molecule has 1 aromatic rings. The first kappa shape index (κ1) is 24.3. The zero-order valence-corrected chi connectivity index (χ0v) is 18.5. The first-order chi connectivity index (χ1) is 14.4. The average molecular weight is 438 g/mol. The normalized spacial score (nSPS) is 17.4. The summed E-state index contributed by atoms with van der Waals surface area (Å²) in [7, 11) is -3.71. The van der Waals surface area contributed by atoms with Gasteiger partial charge in [-0.05, 0) is 37.0 Å². The quantitative estimate of drug-likeness (QED) is 0.614. The summed E-state index contributed by atoms with van der Waals surface area (Å²) in [5.74, 6) is -1.20. The number of sulfonamides is 1. The van der Waals surface area contributed by atoms with Crippen LogP contribution in [-0.2, 0) is 26.0 Å². The van der Waals surface area contributed by atoms with Gasteiger partial charge in [-0.1, -0.05) is 69.9 Å². The van der Waals surface area contributed by atoms with Gasteiger partial charge < -0.3 is 10.6 Å². The summed E-state index contributed by atoms with van der Waals surface area (Å²) >= 11 is 0. The molecule has 1 aliphatic carbocycles. The molecule has 168 valence electrons. The molecule has 2 rings (SSSR count). The second-order valence-corrected chi connectivity index (χ2v) is 9.69. The Kier molecular flexibility index (Phi) is 10.3. The van der Waals surface area contributed by atoms with Gasteiger partial charge in [0.25, 0.3) is 0 Å². The van der Waals surface area contributed by atoms with Crippen molar-refractivity contribution in [2.75, 3.05) is 6.54 Å². The lowest BCUT2D eigenvalue weighted by Gasteiger charge is -2.19. The topological polar surface area (TPSA) is 118 Å². The highest BCUT2D eigenvalue weighted by molar-refractivity contribution is 7.89. The summed E-state index contributed by atoms with van der Waals surface area (Å²) in [5, 5.41) is 10.6. The Hall–Kier alpha value is -1.93. The van der Waals surface area contributed by atoms with Gasteiger partial charge in [-0.3, -0.25) is 9.59 Å². The number of hydrogen-bond donors (Lipinski definition) is 3. The number of nitrogens with one attached hydrogen (secondary N) is 2. The van der Waals surface area contributed by atoms with Gasteiger partial charge >= 0.3 is 11.8 Å². The summed E-state index contributed by atoms with van der Waals surface area (Å²) < 4.78 is 22.5. The molecular formula is C22H35N3O4S. The van der Waals surface area contributed by atoms with Crippen LogP contribution in [0.1, 0.15) is 76.2 Å². The average Bonchev–Trinajstić information content (AvgIpc) is 2.69. The van der Waals surface area contributed by atoms with Gasteiger partial charge in [0.05, 0.1) is 4.90 Å². The molecule has 1 saturated carbocycles. The molecule has 8 heteroatoms. The van der Waals surface area contributed by atoms with Crippen molar-refractivity contribution in [3.8, 4) is 0 Å². The first-order valence-corrected chi connectivity index (χ1v) is 12.6. The van der Waals surface area contributed by atoms with Crippen LogP contribution >= 0.6 is 0 Å². The van der Waals surface area contributed by atoms with Crippen LogP contribution in [0.3, 0.4) is 0 Å². The highest BCUT2D eigenvalue weighted by Crippen LogP contribution is 2.17. The van der Waals surface area contributed by atoms with Gasteiger partial charge in [-0.25, -0.2) is 13.6 Å². The highest BCUT2D eigenvalue weighted by atomic mass is 32.2. The standard InChI is InChI=1S/C22H35N3O4S/c23-30(28,29)20-14-12-18(13-15-20)16-17-24-21(26)22(27)25-19-10-8-6-4-2-1-3-5-7-9-11-19/h12-15,19H,1-11,16-17H2,(H,24,26)(H,25,27)(H2,23,28,29). The van der Waals surface area contributed by atoms with Gasteiger partial charge in [0.2, 0.25) is 10.0 Å². The van der Waals surface area contributed by atoms with Crippen molar-refractivity contribution in [2.24, 2.45) is 5.14 Å². The molecular weight excluding hydrogens is 402 g/mol. The van der Waals surface area contributed by atoms with Crippen LogP contribution in [0, 0.1) is 0 Å². The summed E-state index contributed by atoms with van der Waals surface area (Å²) in [5.41, 5.74) is 0.849. The lowest BCUT2D eigenvalue weighted by Crippen LogP contribution is -2.45. The minimum absolute atomic E-state index is 0.0479. The second-order valence-electron chi connectivity index (χ2n) is 8.12. The summed E-state index contributed by atoms with van der Waals surface area (Å²) in [4.78, 5) is 24.5. The third-order valence-electron chi connectivity index (χ3n) is 5.60. The summed E-state index contributed by atoms with van der Waals surface area (Å²) in [6.07, 6.45) is 13.3. The Morgan fingerprint density at radius 2 is 1.33 bits per heavy atom. The van der Waals surface area contributed by atoms with E-state index in [1.54, 1.807) is 12.1 Å². The molecule has 4 N–H and O–H groups in total. The van der Waals surface area contributed by atoms with E-state index in [2.05, 4.69) is 10.6 Å². The van der Waals surface area contributed by atoms with Crippen LogP contribution in [0.15, 0.2) is 29.2 Å². The van der Waals surface area contributed by atoms with Crippen molar-refractivity contribution >= 4 is 21.8 Å². The minimum Gasteiger partial charge on any atom is -0.348 e. The monoisotopic (exact) mass is 437 g/mol. The van der Waals surface area contributed by atoms with E-state index in [4.69, 9.17) is 5.14 Å². The number of hydrogen-bond acceptors (Lipinski definition) is 4. The number of nitrogens with two attached hydrogens (primary N) is 1. The fourth-order valence-electron chi connectivity index (χ4n) is 3.80. The third kappa shape index (κ3) is 9.26. The molecule has 0 aromatic heterocycles. The second kappa shape index (κ2) is 12.7. The Bertz CT molecular complexity index is 766. The molecule has 0 saturated heterocycles. The maximum absolute atomic E-state index is 12.3. The fourth-order valence-corrected chi connectivity index (χ4v) is 4.32. The SMILES string of the molecule is NS(=O)(=O)c1ccc(CCNC(=O)C(=O)NC2CCCCCCCCCCC2)cc1. The number of carbonyl (C=O) groups is 2. The number of rotatable bonds is 5. The van der Waals surface area contributed by atoms with Crippen LogP contribution < -0.4 is 15.8 Å². The lowest BCUT2D eigenvalue weighted by molar-refractivity contribution is -0.139. The van der Waals surface area contributed by atoms with E-state index in [1.807, 2.05) is 0 Å². The Morgan fingerprint density at radius 1 is 0.833 bits per heavy atom. The maximum atomic E-state index is 12.3. The van der Waals surface area contributed by atoms with E-state index in [0.29, 0.717) is 13.0 Å². The number of primary sulfonamides is 1. The summed E-state index contributed by atoms with van der Waals surface area (Å²) in [6.45, 7) is 0.297. The summed E-state index contributed by atoms with van der Waals surface area (Å²) in [6, 6.07) is 6.23. The molecule has 0 heterocycles. The Labute approximate surface area is 180 Å². The Morgan fingerprint density at radius 3 is 1.83 bits per heavy atom. The van der Waals surface area contributed by atoms with E-state index in [0.717, 1.165) is 31.2 Å². The van der Waals surface area contributed by atoms with Crippen LogP contribution in [0.2, 0.25) is 0 Å². The van der Waals surface area contributed by atoms with Crippen LogP contribution in [0.5, 0.6) is 0 Å². The van der Waals surface area contributed by atoms with Crippen LogP contribution in [0.4, 0.5) is 0 Å². The molecule has 1 fully saturated rings. The molecule has 2 amide bonds. The van der Waals surface area contributed by atoms with E-state index in [1.165, 1.54) is 57.1 Å². The van der Waals surface area contributed by atoms with Crippen molar-refractivity contribution in [1.29, 1.82) is 0 Å². The van der Waals surface area contributed by atoms with Gasteiger partial charge in [0.1, 0.15) is 0 Å². The van der Waals surface area contributed by atoms with Crippen molar-refractivity contribution in [3.63, 3.8) is 0 Å². The number of benzene rings is 1. The van der Waals surface area contributed by atoms with Gasteiger partial charge in [-0.15, -0.1) is 0 Å². The minimum atomic E-state index is -3.71. The van der Waals surface area contributed by atoms with E-state index in [-0.39, 0.29) is 10.9 Å². The zero-order chi connectivity index (χ0) is 21.8. The lowest BCUT2D eigenvalue weighted by atomic mass is 9.98. The largest absolute Gasteiger partial charge is 0.348 e. The van der Waals surface area contributed by atoms with Gasteiger partial charge in [0.15, 0.2) is 0 Å². The van der Waals surface area contributed by atoms with Crippen molar-refractivity contribution < 1.29 is 18.0 Å². The molecule has 1 aliphatic rings. The van der Waals surface area contributed by atoms with Crippen LogP contribution in [0.25, 0.3) is 0 Å². The van der Waals surface area contributed by atoms with E-state index in [9.17, 15) is 18.0 Å². The van der Waals surface area contributed by atoms with Crippen LogP contribution in [-0.4, -0.2) is 32.8 Å². The molecule has 30 heavy (non-hydrogen) atoms. The molecule has 1 aromatic carbocycles. The predicted molar refractivity (Wildman–Crippen MR) is 117 cm³/mol. The van der Waals surface area contributed by atoms with Crippen molar-refractivity contribution in [1.82, 2.24) is 10.6 Å². The highest BCUT2D eigenvalue weighted by Gasteiger charge is 2.18. The van der Waals surface area contributed by atoms with Gasteiger partial charge in [-0.2, -0.15) is 0 Å². The zero-order valence-electron chi connectivity index (χ0n) is 17.7. The number of amides is 2. The van der Waals surface area contributed by atoms with Crippen molar-refractivity contribution in [2.45, 2.75) is 88.0 Å². The fraction of sp³-hybridized carbons (Fsp3) is 0.636. The molecule has 0 spiro atoms. The molecule has 7 nitrogen and oxygen atoms in total. The molecule has 0 radical (unpaired) electrons. The van der Waals surface area contributed by atoms with Gasteiger partial charge in [0, 0.05) is 12.6 Å².